The summed E-state index contributed by atoms with van der Waals surface area (Å²) < 4.78 is 10.7. The predicted molar refractivity (Wildman–Crippen MR) is 58.9 cm³/mol. The highest BCUT2D eigenvalue weighted by molar-refractivity contribution is 5.84. The third-order valence-corrected chi connectivity index (χ3v) is 4.54. The molecule has 0 spiro atoms. The van der Waals surface area contributed by atoms with Crippen LogP contribution in [0, 0.1) is 28.6 Å². The lowest BCUT2D eigenvalue weighted by atomic mass is 9.77. The minimum atomic E-state index is -0.970. The van der Waals surface area contributed by atoms with Gasteiger partial charge < -0.3 is 9.47 Å². The standard InChI is InChI=1S/C13H15NO4/c1-2-10(15)17-9-4-7-3-8-11(9)18-12(16)13(8,5-7)6-14/h7-9,11H,2-5H2,1H3. The molecule has 0 aromatic carbocycles. The first-order chi connectivity index (χ1) is 8.60. The number of fused-ring (bicyclic) bond motifs is 1. The highest BCUT2D eigenvalue weighted by atomic mass is 16.6. The Labute approximate surface area is 105 Å². The van der Waals surface area contributed by atoms with Gasteiger partial charge >= 0.3 is 11.9 Å². The van der Waals surface area contributed by atoms with Crippen molar-refractivity contribution < 1.29 is 19.1 Å². The van der Waals surface area contributed by atoms with Crippen LogP contribution in [0.1, 0.15) is 32.6 Å². The second-order valence-corrected chi connectivity index (χ2v) is 5.48. The molecule has 96 valence electrons. The number of nitrogens with zero attached hydrogens (tertiary/aromatic N) is 1. The van der Waals surface area contributed by atoms with Crippen LogP contribution in [0.15, 0.2) is 0 Å². The van der Waals surface area contributed by atoms with Gasteiger partial charge in [-0.2, -0.15) is 5.26 Å². The average Bonchev–Trinajstić information content (AvgIpc) is 2.81. The molecule has 0 amide bonds. The molecule has 0 aromatic rings. The Hall–Kier alpha value is -1.57. The van der Waals surface area contributed by atoms with Crippen molar-refractivity contribution in [3.8, 4) is 6.07 Å². The summed E-state index contributed by atoms with van der Waals surface area (Å²) in [5.74, 6) is -0.483. The molecular formula is C13H15NO4. The third-order valence-electron chi connectivity index (χ3n) is 4.54. The van der Waals surface area contributed by atoms with Gasteiger partial charge in [-0.05, 0) is 25.2 Å². The number of hydrogen-bond acceptors (Lipinski definition) is 5. The fraction of sp³-hybridized carbons (Fsp3) is 0.769. The fourth-order valence-electron chi connectivity index (χ4n) is 3.73. The number of nitriles is 1. The third kappa shape index (κ3) is 1.32. The molecular weight excluding hydrogens is 234 g/mol. The Balaban J connectivity index is 1.88. The van der Waals surface area contributed by atoms with Gasteiger partial charge in [0, 0.05) is 12.3 Å². The molecule has 0 radical (unpaired) electrons. The highest BCUT2D eigenvalue weighted by Crippen LogP contribution is 2.59. The molecule has 1 heterocycles. The molecule has 3 aliphatic rings. The van der Waals surface area contributed by atoms with E-state index < -0.39 is 17.5 Å². The largest absolute Gasteiger partial charge is 0.458 e. The van der Waals surface area contributed by atoms with E-state index in [1.54, 1.807) is 6.92 Å². The van der Waals surface area contributed by atoms with E-state index in [2.05, 4.69) is 6.07 Å². The SMILES string of the molecule is CCC(=O)OC1CC2CC3C1OC(=O)C3(C#N)C2. The molecule has 3 fully saturated rings. The van der Waals surface area contributed by atoms with Crippen LogP contribution in [0.2, 0.25) is 0 Å². The monoisotopic (exact) mass is 249 g/mol. The van der Waals surface area contributed by atoms with E-state index >= 15 is 0 Å². The molecule has 5 unspecified atom stereocenters. The lowest BCUT2D eigenvalue weighted by molar-refractivity contribution is -0.168. The van der Waals surface area contributed by atoms with E-state index in [1.165, 1.54) is 0 Å². The molecule has 3 rings (SSSR count). The van der Waals surface area contributed by atoms with Crippen LogP contribution in [0.25, 0.3) is 0 Å². The van der Waals surface area contributed by atoms with Crippen LogP contribution in [-0.4, -0.2) is 24.1 Å². The first kappa shape index (κ1) is 11.5. The Morgan fingerprint density at radius 3 is 3.06 bits per heavy atom. The van der Waals surface area contributed by atoms with E-state index in [-0.39, 0.29) is 18.0 Å². The normalized spacial score (nSPS) is 44.3. The lowest BCUT2D eigenvalue weighted by Gasteiger charge is -2.32. The van der Waals surface area contributed by atoms with Gasteiger partial charge in [0.1, 0.15) is 12.2 Å². The maximum absolute atomic E-state index is 11.9. The summed E-state index contributed by atoms with van der Waals surface area (Å²) in [6.07, 6.45) is 1.65. The van der Waals surface area contributed by atoms with Crippen molar-refractivity contribution in [2.75, 3.05) is 0 Å². The van der Waals surface area contributed by atoms with E-state index in [9.17, 15) is 14.9 Å². The zero-order valence-electron chi connectivity index (χ0n) is 10.2. The molecule has 18 heavy (non-hydrogen) atoms. The van der Waals surface area contributed by atoms with Gasteiger partial charge in [-0.15, -0.1) is 0 Å². The van der Waals surface area contributed by atoms with Crippen LogP contribution in [0.3, 0.4) is 0 Å². The van der Waals surface area contributed by atoms with Crippen LogP contribution in [0.4, 0.5) is 0 Å². The summed E-state index contributed by atoms with van der Waals surface area (Å²) in [7, 11) is 0. The summed E-state index contributed by atoms with van der Waals surface area (Å²) in [6, 6.07) is 2.16. The number of carbonyl (C=O) groups is 2. The number of ether oxygens (including phenoxy) is 2. The van der Waals surface area contributed by atoms with Crippen molar-refractivity contribution in [3.05, 3.63) is 0 Å². The van der Waals surface area contributed by atoms with E-state index in [4.69, 9.17) is 9.47 Å². The predicted octanol–water partition coefficient (Wildman–Crippen LogP) is 1.17. The van der Waals surface area contributed by atoms with Gasteiger partial charge in [-0.25, -0.2) is 0 Å². The molecule has 5 nitrogen and oxygen atoms in total. The number of rotatable bonds is 2. The number of hydrogen-bond donors (Lipinski definition) is 0. The molecule has 2 aliphatic carbocycles. The minimum absolute atomic E-state index is 0.0941. The molecule has 5 atom stereocenters. The maximum Gasteiger partial charge on any atom is 0.327 e. The van der Waals surface area contributed by atoms with E-state index in [0.29, 0.717) is 25.2 Å². The first-order valence-electron chi connectivity index (χ1n) is 6.42. The Bertz CT molecular complexity index is 454. The second-order valence-electron chi connectivity index (χ2n) is 5.48. The van der Waals surface area contributed by atoms with Crippen molar-refractivity contribution in [2.45, 2.75) is 44.8 Å². The summed E-state index contributed by atoms with van der Waals surface area (Å²) in [5.41, 5.74) is -0.970. The van der Waals surface area contributed by atoms with E-state index in [0.717, 1.165) is 6.42 Å². The minimum Gasteiger partial charge on any atom is -0.458 e. The smallest absolute Gasteiger partial charge is 0.327 e. The van der Waals surface area contributed by atoms with Crippen molar-refractivity contribution >= 4 is 11.9 Å². The number of carbonyl (C=O) groups excluding carboxylic acids is 2. The van der Waals surface area contributed by atoms with Gasteiger partial charge in [0.05, 0.1) is 6.07 Å². The maximum atomic E-state index is 11.9. The fourth-order valence-corrected chi connectivity index (χ4v) is 3.73. The molecule has 0 aromatic heterocycles. The number of esters is 2. The Kier molecular flexibility index (Phi) is 2.37. The summed E-state index contributed by atoms with van der Waals surface area (Å²) >= 11 is 0. The van der Waals surface area contributed by atoms with Gasteiger partial charge in [0.2, 0.25) is 0 Å². The molecule has 2 bridgehead atoms. The van der Waals surface area contributed by atoms with Crippen molar-refractivity contribution in [1.82, 2.24) is 0 Å². The summed E-state index contributed by atoms with van der Waals surface area (Å²) in [6.45, 7) is 1.74. The molecule has 1 saturated heterocycles. The summed E-state index contributed by atoms with van der Waals surface area (Å²) in [4.78, 5) is 23.3. The zero-order valence-corrected chi connectivity index (χ0v) is 10.2. The highest BCUT2D eigenvalue weighted by Gasteiger charge is 2.67. The van der Waals surface area contributed by atoms with E-state index in [1.807, 2.05) is 0 Å². The van der Waals surface area contributed by atoms with Crippen LogP contribution < -0.4 is 0 Å². The zero-order chi connectivity index (χ0) is 12.9. The van der Waals surface area contributed by atoms with Gasteiger partial charge in [0.15, 0.2) is 5.41 Å². The first-order valence-corrected chi connectivity index (χ1v) is 6.42. The van der Waals surface area contributed by atoms with Gasteiger partial charge in [-0.3, -0.25) is 9.59 Å². The molecule has 0 N–H and O–H groups in total. The van der Waals surface area contributed by atoms with Crippen LogP contribution in [-0.2, 0) is 19.1 Å². The Morgan fingerprint density at radius 1 is 1.61 bits per heavy atom. The quantitative estimate of drug-likeness (QED) is 0.687. The molecule has 1 aliphatic heterocycles. The van der Waals surface area contributed by atoms with Gasteiger partial charge in [-0.1, -0.05) is 6.92 Å². The topological polar surface area (TPSA) is 76.4 Å². The van der Waals surface area contributed by atoms with Gasteiger partial charge in [0.25, 0.3) is 0 Å². The lowest BCUT2D eigenvalue weighted by Crippen LogP contribution is -2.40. The second kappa shape index (κ2) is 3.71. The molecule has 2 saturated carbocycles. The average molecular weight is 249 g/mol. The Morgan fingerprint density at radius 2 is 2.39 bits per heavy atom. The van der Waals surface area contributed by atoms with Crippen molar-refractivity contribution in [3.63, 3.8) is 0 Å². The van der Waals surface area contributed by atoms with Crippen LogP contribution >= 0.6 is 0 Å². The molecule has 5 heteroatoms. The van der Waals surface area contributed by atoms with Crippen LogP contribution in [0.5, 0.6) is 0 Å². The summed E-state index contributed by atoms with van der Waals surface area (Å²) in [5, 5.41) is 9.32. The van der Waals surface area contributed by atoms with Crippen molar-refractivity contribution in [2.24, 2.45) is 17.3 Å². The van der Waals surface area contributed by atoms with Crippen molar-refractivity contribution in [1.29, 1.82) is 5.26 Å².